The van der Waals surface area contributed by atoms with Gasteiger partial charge in [0.15, 0.2) is 0 Å². The minimum Gasteiger partial charge on any atom is -0.387 e. The van der Waals surface area contributed by atoms with Crippen molar-refractivity contribution in [3.8, 4) is 0 Å². The van der Waals surface area contributed by atoms with Gasteiger partial charge < -0.3 is 8.85 Å². The Hall–Kier alpha value is -1.68. The van der Waals surface area contributed by atoms with Crippen LogP contribution in [-0.2, 0) is 15.5 Å². The van der Waals surface area contributed by atoms with Crippen molar-refractivity contribution in [1.82, 2.24) is 0 Å². The molecule has 0 bridgehead atoms. The Morgan fingerprint density at radius 1 is 0.875 bits per heavy atom. The molecule has 0 amide bonds. The Labute approximate surface area is 147 Å². The molecule has 0 saturated carbocycles. The fourth-order valence-electron chi connectivity index (χ4n) is 2.75. The summed E-state index contributed by atoms with van der Waals surface area (Å²) in [5, 5.41) is 1.09. The van der Waals surface area contributed by atoms with Crippen molar-refractivity contribution < 1.29 is 8.85 Å². The first-order valence-electron chi connectivity index (χ1n) is 8.48. The van der Waals surface area contributed by atoms with Gasteiger partial charge in [0.2, 0.25) is 0 Å². The third kappa shape index (κ3) is 4.44. The zero-order valence-corrected chi connectivity index (χ0v) is 16.2. The van der Waals surface area contributed by atoms with Crippen LogP contribution in [0, 0.1) is 0 Å². The molecule has 0 saturated heterocycles. The van der Waals surface area contributed by atoms with Crippen LogP contribution in [0.2, 0.25) is 5.04 Å². The second-order valence-electron chi connectivity index (χ2n) is 6.89. The second-order valence-corrected chi connectivity index (χ2v) is 10.8. The number of rotatable bonds is 7. The van der Waals surface area contributed by atoms with Gasteiger partial charge in [0, 0.05) is 5.04 Å². The summed E-state index contributed by atoms with van der Waals surface area (Å²) in [6.07, 6.45) is 4.06. The first-order valence-corrected chi connectivity index (χ1v) is 10.3. The normalized spacial score (nSPS) is 14.7. The maximum absolute atomic E-state index is 6.60. The van der Waals surface area contributed by atoms with E-state index >= 15 is 0 Å². The highest BCUT2D eigenvalue weighted by Crippen LogP contribution is 2.38. The fourth-order valence-corrected chi connectivity index (χ4v) is 6.23. The number of benzene rings is 2. The van der Waals surface area contributed by atoms with Gasteiger partial charge in [-0.05, 0) is 17.7 Å². The summed E-state index contributed by atoms with van der Waals surface area (Å²) in [6, 6.07) is 20.7. The molecule has 2 nitrogen and oxygen atoms in total. The Bertz CT molecular complexity index is 632. The van der Waals surface area contributed by atoms with E-state index in [4.69, 9.17) is 8.85 Å². The highest BCUT2D eigenvalue weighted by atomic mass is 28.4. The molecule has 2 aromatic rings. The molecule has 0 heterocycles. The molecule has 0 aliphatic heterocycles. The Kier molecular flexibility index (Phi) is 6.55. The summed E-state index contributed by atoms with van der Waals surface area (Å²) in [6.45, 7) is 9.79. The molecule has 24 heavy (non-hydrogen) atoms. The van der Waals surface area contributed by atoms with Crippen molar-refractivity contribution in [2.24, 2.45) is 0 Å². The zero-order valence-electron chi connectivity index (χ0n) is 15.2. The number of hydrogen-bond acceptors (Lipinski definition) is 2. The molecule has 1 atom stereocenters. The van der Waals surface area contributed by atoms with Crippen LogP contribution in [0.25, 0.3) is 0 Å². The fraction of sp³-hybridized carbons (Fsp3) is 0.333. The summed E-state index contributed by atoms with van der Waals surface area (Å²) < 4.78 is 13.1. The molecule has 0 aliphatic carbocycles. The summed E-state index contributed by atoms with van der Waals surface area (Å²) in [7, 11) is -2.64. The molecule has 2 aromatic carbocycles. The van der Waals surface area contributed by atoms with Gasteiger partial charge in [-0.25, -0.2) is 0 Å². The van der Waals surface area contributed by atoms with Crippen LogP contribution in [0.4, 0.5) is 0 Å². The molecule has 0 aromatic heterocycles. The Balaban J connectivity index is 2.37. The summed E-state index contributed by atoms with van der Waals surface area (Å²) in [5.41, 5.74) is 1.17. The predicted molar refractivity (Wildman–Crippen MR) is 104 cm³/mol. The summed E-state index contributed by atoms with van der Waals surface area (Å²) in [4.78, 5) is 0. The van der Waals surface area contributed by atoms with Crippen molar-refractivity contribution in [2.45, 2.75) is 39.3 Å². The van der Waals surface area contributed by atoms with Crippen LogP contribution >= 0.6 is 0 Å². The molecular weight excluding hydrogens is 312 g/mol. The summed E-state index contributed by atoms with van der Waals surface area (Å²) >= 11 is 0. The largest absolute Gasteiger partial charge is 0.387 e. The van der Waals surface area contributed by atoms with Gasteiger partial charge in [-0.3, -0.25) is 0 Å². The van der Waals surface area contributed by atoms with E-state index in [9.17, 15) is 0 Å². The van der Waals surface area contributed by atoms with E-state index in [1.165, 1.54) is 10.8 Å². The molecule has 0 fully saturated rings. The molecule has 3 heteroatoms. The molecule has 0 unspecified atom stereocenters. The van der Waals surface area contributed by atoms with E-state index < -0.39 is 8.56 Å². The maximum Gasteiger partial charge on any atom is 0.378 e. The Morgan fingerprint density at radius 3 is 2.00 bits per heavy atom. The smallest absolute Gasteiger partial charge is 0.378 e. The van der Waals surface area contributed by atoms with Crippen molar-refractivity contribution in [2.75, 3.05) is 6.61 Å². The van der Waals surface area contributed by atoms with Gasteiger partial charge in [0.05, 0.1) is 13.2 Å². The van der Waals surface area contributed by atoms with Crippen LogP contribution in [-0.4, -0.2) is 15.2 Å². The lowest BCUT2D eigenvalue weighted by Crippen LogP contribution is -2.60. The first-order chi connectivity index (χ1) is 11.5. The van der Waals surface area contributed by atoms with Crippen molar-refractivity contribution in [3.05, 3.63) is 78.4 Å². The van der Waals surface area contributed by atoms with Gasteiger partial charge in [-0.15, -0.1) is 0 Å². The lowest BCUT2D eigenvalue weighted by molar-refractivity contribution is 0.166. The van der Waals surface area contributed by atoms with Crippen molar-refractivity contribution in [3.63, 3.8) is 0 Å². The molecule has 128 valence electrons. The molecule has 0 N–H and O–H groups in total. The SMILES string of the molecule is CC=CCO[Si@@](OCc1ccccc1)(c1ccccc1)C(C)(C)C. The monoisotopic (exact) mass is 340 g/mol. The number of hydrogen-bond donors (Lipinski definition) is 0. The maximum atomic E-state index is 6.60. The van der Waals surface area contributed by atoms with Crippen LogP contribution in [0.3, 0.4) is 0 Å². The molecule has 0 radical (unpaired) electrons. The van der Waals surface area contributed by atoms with E-state index in [0.717, 1.165) is 0 Å². The highest BCUT2D eigenvalue weighted by Gasteiger charge is 2.51. The van der Waals surface area contributed by atoms with E-state index in [1.54, 1.807) is 0 Å². The summed E-state index contributed by atoms with van der Waals surface area (Å²) in [5.74, 6) is 0. The third-order valence-corrected chi connectivity index (χ3v) is 8.24. The molecular formula is C21H28O2Si. The van der Waals surface area contributed by atoms with Crippen molar-refractivity contribution >= 4 is 13.7 Å². The van der Waals surface area contributed by atoms with Crippen LogP contribution < -0.4 is 5.19 Å². The predicted octanol–water partition coefficient (Wildman–Crippen LogP) is 4.95. The highest BCUT2D eigenvalue weighted by molar-refractivity contribution is 6.83. The Morgan fingerprint density at radius 2 is 1.46 bits per heavy atom. The lowest BCUT2D eigenvalue weighted by Gasteiger charge is -2.41. The third-order valence-electron chi connectivity index (χ3n) is 4.04. The van der Waals surface area contributed by atoms with Gasteiger partial charge in [0.25, 0.3) is 0 Å². The van der Waals surface area contributed by atoms with E-state index in [-0.39, 0.29) is 5.04 Å². The zero-order chi connectivity index (χ0) is 17.5. The van der Waals surface area contributed by atoms with Gasteiger partial charge in [-0.1, -0.05) is 93.6 Å². The van der Waals surface area contributed by atoms with Crippen molar-refractivity contribution in [1.29, 1.82) is 0 Å². The number of allylic oxidation sites excluding steroid dienone is 1. The lowest BCUT2D eigenvalue weighted by atomic mass is 10.2. The molecule has 0 aliphatic rings. The quantitative estimate of drug-likeness (QED) is 0.525. The minimum absolute atomic E-state index is 0.0925. The van der Waals surface area contributed by atoms with E-state index in [0.29, 0.717) is 13.2 Å². The molecule has 2 rings (SSSR count). The topological polar surface area (TPSA) is 18.5 Å². The molecule has 0 spiro atoms. The standard InChI is InChI=1S/C21H28O2Si/c1-5-6-17-22-24(21(2,3)4,20-15-11-8-12-16-20)23-18-19-13-9-7-10-14-19/h5-16H,17-18H2,1-4H3/t24-/m1/s1. The second kappa shape index (κ2) is 8.43. The van der Waals surface area contributed by atoms with E-state index in [1.807, 2.05) is 43.3 Å². The average Bonchev–Trinajstić information content (AvgIpc) is 2.59. The van der Waals surface area contributed by atoms with Crippen LogP contribution in [0.5, 0.6) is 0 Å². The van der Waals surface area contributed by atoms with E-state index in [2.05, 4.69) is 57.2 Å². The first kappa shape index (κ1) is 18.7. The van der Waals surface area contributed by atoms with Gasteiger partial charge >= 0.3 is 8.56 Å². The van der Waals surface area contributed by atoms with Crippen LogP contribution in [0.15, 0.2) is 72.8 Å². The minimum atomic E-state index is -2.64. The average molecular weight is 341 g/mol. The van der Waals surface area contributed by atoms with Gasteiger partial charge in [0.1, 0.15) is 0 Å². The van der Waals surface area contributed by atoms with Gasteiger partial charge in [-0.2, -0.15) is 0 Å². The van der Waals surface area contributed by atoms with Crippen LogP contribution in [0.1, 0.15) is 33.3 Å².